The van der Waals surface area contributed by atoms with Gasteiger partial charge in [-0.25, -0.2) is 14.2 Å². The van der Waals surface area contributed by atoms with E-state index in [4.69, 9.17) is 4.74 Å². The quantitative estimate of drug-likeness (QED) is 0.695. The van der Waals surface area contributed by atoms with Crippen LogP contribution in [0.25, 0.3) is 0 Å². The molecule has 1 aromatic carbocycles. The first-order chi connectivity index (χ1) is 15.8. The standard InChI is InChI=1S/C24H30FN5O3/c1-15(2)20-14-33-24(32)30(20)21-9-10-26-23(28-21)27-16(3)17-7-8-18(19(25)13-17)22(31)29-11-5-4-6-12-29/h7-10,13,15-16,20H,4-6,11-12,14H2,1-3H3,(H,26,27,28). The van der Waals surface area contributed by atoms with Crippen molar-refractivity contribution in [1.82, 2.24) is 14.9 Å². The van der Waals surface area contributed by atoms with Crippen molar-refractivity contribution < 1.29 is 18.7 Å². The Kier molecular flexibility index (Phi) is 6.76. The van der Waals surface area contributed by atoms with Gasteiger partial charge < -0.3 is 15.0 Å². The van der Waals surface area contributed by atoms with E-state index >= 15 is 0 Å². The van der Waals surface area contributed by atoms with E-state index in [1.54, 1.807) is 34.2 Å². The van der Waals surface area contributed by atoms with Crippen LogP contribution >= 0.6 is 0 Å². The molecule has 0 spiro atoms. The molecule has 0 saturated carbocycles. The molecule has 4 rings (SSSR count). The summed E-state index contributed by atoms with van der Waals surface area (Å²) in [6.07, 6.45) is 4.16. The Morgan fingerprint density at radius 1 is 1.18 bits per heavy atom. The molecule has 2 unspecified atom stereocenters. The Hall–Kier alpha value is -3.23. The first kappa shape index (κ1) is 22.9. The number of likely N-dealkylation sites (tertiary alicyclic amines) is 1. The number of hydrogen-bond donors (Lipinski definition) is 1. The molecule has 0 aliphatic carbocycles. The minimum absolute atomic E-state index is 0.0957. The van der Waals surface area contributed by atoms with E-state index in [1.165, 1.54) is 6.07 Å². The number of cyclic esters (lactones) is 1. The Bertz CT molecular complexity index is 1020. The summed E-state index contributed by atoms with van der Waals surface area (Å²) in [4.78, 5) is 36.9. The summed E-state index contributed by atoms with van der Waals surface area (Å²) in [5, 5.41) is 3.16. The van der Waals surface area contributed by atoms with Crippen molar-refractivity contribution in [2.24, 2.45) is 5.92 Å². The number of nitrogens with one attached hydrogen (secondary N) is 1. The van der Waals surface area contributed by atoms with Gasteiger partial charge in [-0.15, -0.1) is 0 Å². The van der Waals surface area contributed by atoms with Crippen molar-refractivity contribution >= 4 is 23.8 Å². The Balaban J connectivity index is 1.48. The summed E-state index contributed by atoms with van der Waals surface area (Å²) in [6, 6.07) is 5.92. The van der Waals surface area contributed by atoms with Gasteiger partial charge >= 0.3 is 6.09 Å². The molecule has 2 aromatic rings. The highest BCUT2D eigenvalue weighted by Crippen LogP contribution is 2.27. The second kappa shape index (κ2) is 9.72. The zero-order chi connectivity index (χ0) is 23.5. The predicted octanol–water partition coefficient (Wildman–Crippen LogP) is 4.40. The lowest BCUT2D eigenvalue weighted by Gasteiger charge is -2.27. The van der Waals surface area contributed by atoms with Gasteiger partial charge in [0.15, 0.2) is 0 Å². The van der Waals surface area contributed by atoms with Crippen molar-refractivity contribution in [3.63, 3.8) is 0 Å². The zero-order valence-electron chi connectivity index (χ0n) is 19.3. The molecule has 3 heterocycles. The molecule has 8 nitrogen and oxygen atoms in total. The van der Waals surface area contributed by atoms with Gasteiger partial charge in [0.1, 0.15) is 18.2 Å². The number of carbonyl (C=O) groups excluding carboxylic acids is 2. The lowest BCUT2D eigenvalue weighted by atomic mass is 10.0. The summed E-state index contributed by atoms with van der Waals surface area (Å²) >= 11 is 0. The zero-order valence-corrected chi connectivity index (χ0v) is 19.3. The van der Waals surface area contributed by atoms with Crippen molar-refractivity contribution in [2.75, 3.05) is 29.9 Å². The molecular formula is C24H30FN5O3. The van der Waals surface area contributed by atoms with Gasteiger partial charge in [0.2, 0.25) is 5.95 Å². The highest BCUT2D eigenvalue weighted by molar-refractivity contribution is 5.94. The van der Waals surface area contributed by atoms with Gasteiger partial charge in [-0.3, -0.25) is 9.69 Å². The van der Waals surface area contributed by atoms with Gasteiger partial charge in [0.25, 0.3) is 5.91 Å². The van der Waals surface area contributed by atoms with E-state index in [0.29, 0.717) is 37.0 Å². The van der Waals surface area contributed by atoms with Crippen LogP contribution < -0.4 is 10.2 Å². The summed E-state index contributed by atoms with van der Waals surface area (Å²) in [5.74, 6) is 0.181. The number of amides is 2. The van der Waals surface area contributed by atoms with Gasteiger partial charge in [-0.1, -0.05) is 19.9 Å². The molecule has 0 bridgehead atoms. The number of piperidine rings is 1. The summed E-state index contributed by atoms with van der Waals surface area (Å²) in [5.41, 5.74) is 0.760. The van der Waals surface area contributed by atoms with Crippen molar-refractivity contribution in [1.29, 1.82) is 0 Å². The number of carbonyl (C=O) groups is 2. The monoisotopic (exact) mass is 455 g/mol. The third kappa shape index (κ3) is 4.91. The topological polar surface area (TPSA) is 87.7 Å². The Morgan fingerprint density at radius 2 is 1.94 bits per heavy atom. The normalized spacial score (nSPS) is 19.5. The molecule has 2 saturated heterocycles. The van der Waals surface area contributed by atoms with E-state index in [2.05, 4.69) is 15.3 Å². The summed E-state index contributed by atoms with van der Waals surface area (Å²) in [6.45, 7) is 7.58. The highest BCUT2D eigenvalue weighted by Gasteiger charge is 2.37. The fourth-order valence-corrected chi connectivity index (χ4v) is 4.26. The van der Waals surface area contributed by atoms with Crippen LogP contribution in [0, 0.1) is 11.7 Å². The predicted molar refractivity (Wildman–Crippen MR) is 123 cm³/mol. The first-order valence-corrected chi connectivity index (χ1v) is 11.5. The van der Waals surface area contributed by atoms with Crippen LogP contribution in [0.5, 0.6) is 0 Å². The fraction of sp³-hybridized carbons (Fsp3) is 0.500. The second-order valence-electron chi connectivity index (χ2n) is 8.95. The molecule has 0 radical (unpaired) electrons. The summed E-state index contributed by atoms with van der Waals surface area (Å²) < 4.78 is 20.0. The maximum Gasteiger partial charge on any atom is 0.415 e. The van der Waals surface area contributed by atoms with Gasteiger partial charge in [-0.2, -0.15) is 4.98 Å². The van der Waals surface area contributed by atoms with Gasteiger partial charge in [0.05, 0.1) is 17.6 Å². The number of ether oxygens (including phenoxy) is 1. The van der Waals surface area contributed by atoms with Crippen molar-refractivity contribution in [2.45, 2.75) is 52.1 Å². The number of anilines is 2. The highest BCUT2D eigenvalue weighted by atomic mass is 19.1. The number of nitrogens with zero attached hydrogens (tertiary/aromatic N) is 4. The number of benzene rings is 1. The van der Waals surface area contributed by atoms with Crippen LogP contribution in [0.3, 0.4) is 0 Å². The average molecular weight is 456 g/mol. The smallest absolute Gasteiger partial charge is 0.415 e. The van der Waals surface area contributed by atoms with E-state index in [-0.39, 0.29) is 29.5 Å². The molecular weight excluding hydrogens is 425 g/mol. The van der Waals surface area contributed by atoms with E-state index in [1.807, 2.05) is 20.8 Å². The Morgan fingerprint density at radius 3 is 2.64 bits per heavy atom. The Labute approximate surface area is 193 Å². The largest absolute Gasteiger partial charge is 0.447 e. The van der Waals surface area contributed by atoms with Gasteiger partial charge in [0, 0.05) is 19.3 Å². The minimum Gasteiger partial charge on any atom is -0.447 e. The van der Waals surface area contributed by atoms with Crippen LogP contribution in [0.15, 0.2) is 30.5 Å². The van der Waals surface area contributed by atoms with Crippen LogP contribution in [0.1, 0.15) is 62.0 Å². The average Bonchev–Trinajstić information content (AvgIpc) is 3.21. The molecule has 2 aliphatic rings. The van der Waals surface area contributed by atoms with Crippen LogP contribution in [-0.2, 0) is 4.74 Å². The number of hydrogen-bond acceptors (Lipinski definition) is 6. The van der Waals surface area contributed by atoms with Crippen LogP contribution in [0.2, 0.25) is 0 Å². The molecule has 9 heteroatoms. The third-order valence-electron chi connectivity index (χ3n) is 6.28. The molecule has 2 aliphatic heterocycles. The third-order valence-corrected chi connectivity index (χ3v) is 6.28. The SMILES string of the molecule is CC(Nc1nccc(N2C(=O)OCC2C(C)C)n1)c1ccc(C(=O)N2CCCCC2)c(F)c1. The molecule has 2 atom stereocenters. The van der Waals surface area contributed by atoms with Crippen LogP contribution in [-0.4, -0.2) is 52.6 Å². The fourth-order valence-electron chi connectivity index (χ4n) is 4.26. The number of aromatic nitrogens is 2. The molecule has 33 heavy (non-hydrogen) atoms. The molecule has 176 valence electrons. The number of halogens is 1. The summed E-state index contributed by atoms with van der Waals surface area (Å²) in [7, 11) is 0. The molecule has 2 fully saturated rings. The van der Waals surface area contributed by atoms with E-state index in [9.17, 15) is 14.0 Å². The maximum atomic E-state index is 14.8. The maximum absolute atomic E-state index is 14.8. The van der Waals surface area contributed by atoms with E-state index < -0.39 is 11.9 Å². The van der Waals surface area contributed by atoms with E-state index in [0.717, 1.165) is 19.3 Å². The number of rotatable bonds is 6. The van der Waals surface area contributed by atoms with Gasteiger partial charge in [-0.05, 0) is 55.9 Å². The van der Waals surface area contributed by atoms with Crippen LogP contribution in [0.4, 0.5) is 21.0 Å². The lowest BCUT2D eigenvalue weighted by Crippen LogP contribution is -2.37. The van der Waals surface area contributed by atoms with Crippen molar-refractivity contribution in [3.05, 3.63) is 47.4 Å². The minimum atomic E-state index is -0.536. The second-order valence-corrected chi connectivity index (χ2v) is 8.95. The molecule has 1 N–H and O–H groups in total. The molecule has 1 aromatic heterocycles. The first-order valence-electron chi connectivity index (χ1n) is 11.5. The van der Waals surface area contributed by atoms with Crippen molar-refractivity contribution in [3.8, 4) is 0 Å². The lowest BCUT2D eigenvalue weighted by molar-refractivity contribution is 0.0719. The molecule has 2 amide bonds.